The largest absolute Gasteiger partial charge is 0.444 e. The number of halogens is 1. The molecule has 0 atom stereocenters. The maximum Gasteiger partial charge on any atom is 0.410 e. The number of aromatic nitrogens is 1. The van der Waals surface area contributed by atoms with Crippen LogP contribution in [0.4, 0.5) is 4.79 Å². The number of benzene rings is 1. The number of hydrogen-bond donors (Lipinski definition) is 1. The summed E-state index contributed by atoms with van der Waals surface area (Å²) < 4.78 is 5.46. The number of hydrogen-bond acceptors (Lipinski definition) is 3. The first-order chi connectivity index (χ1) is 14.2. The molecule has 2 aliphatic heterocycles. The first kappa shape index (κ1) is 21.0. The van der Waals surface area contributed by atoms with Crippen LogP contribution in [0.25, 0.3) is 10.9 Å². The van der Waals surface area contributed by atoms with E-state index in [0.717, 1.165) is 36.7 Å². The number of amides is 2. The molecule has 2 amide bonds. The first-order valence-corrected chi connectivity index (χ1v) is 11.1. The predicted molar refractivity (Wildman–Crippen MR) is 118 cm³/mol. The number of carbonyl (C=O) groups is 2. The molecule has 1 fully saturated rings. The summed E-state index contributed by atoms with van der Waals surface area (Å²) in [6.45, 7) is 8.30. The summed E-state index contributed by atoms with van der Waals surface area (Å²) in [6.07, 6.45) is 2.80. The Labute approximate surface area is 182 Å². The van der Waals surface area contributed by atoms with Gasteiger partial charge in [0.2, 0.25) is 5.91 Å². The van der Waals surface area contributed by atoms with E-state index >= 15 is 0 Å². The standard InChI is InChI=1S/C23H30ClN3O3/c1-23(2,3)30-22(29)26-9-6-15(7-10-26)12-21(28)27-11-8-20-18(14-27)17-13-16(24)4-5-19(17)25-20/h4-5,13,15,25H,6-12,14H2,1-3H3. The number of H-pyrrole nitrogens is 1. The van der Waals surface area contributed by atoms with Crippen LogP contribution in [-0.4, -0.2) is 52.0 Å². The van der Waals surface area contributed by atoms with Crippen LogP contribution >= 0.6 is 11.6 Å². The number of aromatic amines is 1. The molecule has 1 aromatic heterocycles. The summed E-state index contributed by atoms with van der Waals surface area (Å²) in [5, 5.41) is 1.82. The number of piperidine rings is 1. The quantitative estimate of drug-likeness (QED) is 0.746. The molecule has 1 saturated heterocycles. The lowest BCUT2D eigenvalue weighted by Gasteiger charge is -2.34. The van der Waals surface area contributed by atoms with E-state index in [2.05, 4.69) is 4.98 Å². The molecule has 3 heterocycles. The van der Waals surface area contributed by atoms with E-state index < -0.39 is 5.60 Å². The van der Waals surface area contributed by atoms with Crippen molar-refractivity contribution in [3.63, 3.8) is 0 Å². The molecule has 0 saturated carbocycles. The third-order valence-corrected chi connectivity index (χ3v) is 6.25. The van der Waals surface area contributed by atoms with Crippen molar-refractivity contribution in [1.29, 1.82) is 0 Å². The van der Waals surface area contributed by atoms with E-state index in [1.165, 1.54) is 11.3 Å². The van der Waals surface area contributed by atoms with Crippen LogP contribution < -0.4 is 0 Å². The molecule has 0 unspecified atom stereocenters. The van der Waals surface area contributed by atoms with Crippen LogP contribution in [0, 0.1) is 5.92 Å². The van der Waals surface area contributed by atoms with Gasteiger partial charge in [0.05, 0.1) is 0 Å². The van der Waals surface area contributed by atoms with Gasteiger partial charge in [-0.05, 0) is 57.7 Å². The van der Waals surface area contributed by atoms with Crippen LogP contribution in [0.2, 0.25) is 5.02 Å². The van der Waals surface area contributed by atoms with E-state index in [0.29, 0.717) is 37.0 Å². The maximum atomic E-state index is 13.0. The van der Waals surface area contributed by atoms with Crippen molar-refractivity contribution >= 4 is 34.5 Å². The molecule has 162 valence electrons. The minimum absolute atomic E-state index is 0.202. The Balaban J connectivity index is 1.33. The fourth-order valence-corrected chi connectivity index (χ4v) is 4.59. The zero-order valence-corrected chi connectivity index (χ0v) is 18.7. The Morgan fingerprint density at radius 1 is 1.17 bits per heavy atom. The molecule has 2 aromatic rings. The Kier molecular flexibility index (Phi) is 5.71. The number of likely N-dealkylation sites (tertiary alicyclic amines) is 1. The number of nitrogens with zero attached hydrogens (tertiary/aromatic N) is 2. The summed E-state index contributed by atoms with van der Waals surface area (Å²) in [6, 6.07) is 5.87. The lowest BCUT2D eigenvalue weighted by molar-refractivity contribution is -0.133. The van der Waals surface area contributed by atoms with Crippen molar-refractivity contribution in [2.45, 2.75) is 58.6 Å². The molecule has 2 aliphatic rings. The maximum absolute atomic E-state index is 13.0. The van der Waals surface area contributed by atoms with Crippen molar-refractivity contribution in [2.24, 2.45) is 5.92 Å². The fraction of sp³-hybridized carbons (Fsp3) is 0.565. The molecule has 0 radical (unpaired) electrons. The highest BCUT2D eigenvalue weighted by molar-refractivity contribution is 6.31. The van der Waals surface area contributed by atoms with Crippen molar-refractivity contribution in [2.75, 3.05) is 19.6 Å². The number of nitrogens with one attached hydrogen (secondary N) is 1. The van der Waals surface area contributed by atoms with Crippen LogP contribution in [0.1, 0.15) is 51.3 Å². The van der Waals surface area contributed by atoms with Gasteiger partial charge in [0, 0.05) is 66.2 Å². The summed E-state index contributed by atoms with van der Waals surface area (Å²) >= 11 is 6.18. The molecule has 1 aromatic carbocycles. The number of rotatable bonds is 2. The van der Waals surface area contributed by atoms with Gasteiger partial charge < -0.3 is 19.5 Å². The van der Waals surface area contributed by atoms with Gasteiger partial charge in [-0.3, -0.25) is 4.79 Å². The molecule has 1 N–H and O–H groups in total. The SMILES string of the molecule is CC(C)(C)OC(=O)N1CCC(CC(=O)N2CCc3[nH]c4ccc(Cl)cc4c3C2)CC1. The fourth-order valence-electron chi connectivity index (χ4n) is 4.42. The zero-order chi connectivity index (χ0) is 21.5. The normalized spacial score (nSPS) is 17.9. The third kappa shape index (κ3) is 4.59. The van der Waals surface area contributed by atoms with Crippen molar-refractivity contribution in [3.8, 4) is 0 Å². The average molecular weight is 432 g/mol. The van der Waals surface area contributed by atoms with Crippen LogP contribution in [-0.2, 0) is 22.5 Å². The van der Waals surface area contributed by atoms with Crippen molar-refractivity contribution < 1.29 is 14.3 Å². The van der Waals surface area contributed by atoms with Gasteiger partial charge in [-0.15, -0.1) is 0 Å². The zero-order valence-electron chi connectivity index (χ0n) is 18.0. The Bertz CT molecular complexity index is 954. The van der Waals surface area contributed by atoms with E-state index in [9.17, 15) is 9.59 Å². The highest BCUT2D eigenvalue weighted by Gasteiger charge is 2.30. The minimum atomic E-state index is -0.482. The summed E-state index contributed by atoms with van der Waals surface area (Å²) in [4.78, 5) is 32.4. The molecule has 7 heteroatoms. The smallest absolute Gasteiger partial charge is 0.410 e. The minimum Gasteiger partial charge on any atom is -0.444 e. The number of fused-ring (bicyclic) bond motifs is 3. The topological polar surface area (TPSA) is 65.6 Å². The summed E-state index contributed by atoms with van der Waals surface area (Å²) in [5.41, 5.74) is 2.99. The van der Waals surface area contributed by atoms with E-state index in [4.69, 9.17) is 16.3 Å². The van der Waals surface area contributed by atoms with E-state index in [1.54, 1.807) is 4.90 Å². The summed E-state index contributed by atoms with van der Waals surface area (Å²) in [5.74, 6) is 0.516. The van der Waals surface area contributed by atoms with Gasteiger partial charge in [-0.1, -0.05) is 11.6 Å². The molecule has 0 bridgehead atoms. The van der Waals surface area contributed by atoms with Crippen molar-refractivity contribution in [3.05, 3.63) is 34.5 Å². The van der Waals surface area contributed by atoms with Gasteiger partial charge in [0.15, 0.2) is 0 Å². The predicted octanol–water partition coefficient (Wildman–Crippen LogP) is 4.74. The first-order valence-electron chi connectivity index (χ1n) is 10.7. The Hall–Kier alpha value is -2.21. The highest BCUT2D eigenvalue weighted by atomic mass is 35.5. The lowest BCUT2D eigenvalue weighted by Crippen LogP contribution is -2.43. The van der Waals surface area contributed by atoms with Gasteiger partial charge in [0.25, 0.3) is 0 Å². The van der Waals surface area contributed by atoms with Gasteiger partial charge in [-0.2, -0.15) is 0 Å². The second-order valence-electron chi connectivity index (χ2n) is 9.45. The lowest BCUT2D eigenvalue weighted by atomic mass is 9.92. The Morgan fingerprint density at radius 3 is 2.60 bits per heavy atom. The van der Waals surface area contributed by atoms with E-state index in [1.807, 2.05) is 43.9 Å². The number of carbonyl (C=O) groups excluding carboxylic acids is 2. The molecule has 6 nitrogen and oxygen atoms in total. The highest BCUT2D eigenvalue weighted by Crippen LogP contribution is 2.31. The van der Waals surface area contributed by atoms with E-state index in [-0.39, 0.29) is 12.0 Å². The molecule has 0 spiro atoms. The molecular formula is C23H30ClN3O3. The molecular weight excluding hydrogens is 402 g/mol. The second-order valence-corrected chi connectivity index (χ2v) is 9.89. The van der Waals surface area contributed by atoms with Gasteiger partial charge in [-0.25, -0.2) is 4.79 Å². The Morgan fingerprint density at radius 2 is 1.90 bits per heavy atom. The molecule has 4 rings (SSSR count). The van der Waals surface area contributed by atoms with Gasteiger partial charge >= 0.3 is 6.09 Å². The molecule has 0 aliphatic carbocycles. The van der Waals surface area contributed by atoms with Crippen molar-refractivity contribution in [1.82, 2.24) is 14.8 Å². The van der Waals surface area contributed by atoms with Crippen LogP contribution in [0.5, 0.6) is 0 Å². The monoisotopic (exact) mass is 431 g/mol. The number of ether oxygens (including phenoxy) is 1. The van der Waals surface area contributed by atoms with Crippen LogP contribution in [0.3, 0.4) is 0 Å². The molecule has 30 heavy (non-hydrogen) atoms. The second kappa shape index (κ2) is 8.14. The average Bonchev–Trinajstić information content (AvgIpc) is 3.04. The van der Waals surface area contributed by atoms with Gasteiger partial charge in [0.1, 0.15) is 5.60 Å². The summed E-state index contributed by atoms with van der Waals surface area (Å²) in [7, 11) is 0. The third-order valence-electron chi connectivity index (χ3n) is 6.02. The van der Waals surface area contributed by atoms with Crippen LogP contribution in [0.15, 0.2) is 18.2 Å².